The van der Waals surface area contributed by atoms with E-state index < -0.39 is 5.25 Å². The van der Waals surface area contributed by atoms with Crippen molar-refractivity contribution < 1.29 is 14.3 Å². The molecule has 1 heterocycles. The van der Waals surface area contributed by atoms with Crippen LogP contribution in [0, 0.1) is 0 Å². The number of ether oxygens (including phenoxy) is 2. The van der Waals surface area contributed by atoms with Crippen molar-refractivity contribution in [3.63, 3.8) is 0 Å². The molecule has 1 amide bonds. The van der Waals surface area contributed by atoms with Crippen LogP contribution in [0.2, 0.25) is 0 Å². The van der Waals surface area contributed by atoms with E-state index in [1.165, 1.54) is 22.0 Å². The number of hydrogen-bond donors (Lipinski definition) is 2. The van der Waals surface area contributed by atoms with Gasteiger partial charge in [-0.2, -0.15) is 0 Å². The maximum Gasteiger partial charge on any atom is 0.237 e. The summed E-state index contributed by atoms with van der Waals surface area (Å²) in [5, 5.41) is 11.1. The number of hydrogen-bond acceptors (Lipinski definition) is 7. The van der Waals surface area contributed by atoms with E-state index in [-0.39, 0.29) is 12.5 Å². The Hall–Kier alpha value is -3.20. The van der Waals surface area contributed by atoms with Gasteiger partial charge in [0.25, 0.3) is 0 Å². The molecular formula is C22H27N5O3S. The lowest BCUT2D eigenvalue weighted by atomic mass is 10.0. The number of carbonyl (C=O) groups is 1. The second kappa shape index (κ2) is 10.2. The highest BCUT2D eigenvalue weighted by atomic mass is 32.2. The number of rotatable bonds is 9. The molecule has 0 fully saturated rings. The van der Waals surface area contributed by atoms with Gasteiger partial charge in [-0.05, 0) is 54.8 Å². The van der Waals surface area contributed by atoms with Crippen LogP contribution in [0.25, 0.3) is 0 Å². The van der Waals surface area contributed by atoms with E-state index in [9.17, 15) is 4.79 Å². The number of methoxy groups -OCH3 is 1. The number of nitrogen functional groups attached to an aromatic ring is 1. The first kappa shape index (κ1) is 22.5. The van der Waals surface area contributed by atoms with E-state index >= 15 is 0 Å². The largest absolute Gasteiger partial charge is 0.497 e. The topological polar surface area (TPSA) is 104 Å². The molecule has 31 heavy (non-hydrogen) atoms. The first-order valence-corrected chi connectivity index (χ1v) is 10.8. The molecule has 3 aromatic rings. The van der Waals surface area contributed by atoms with Gasteiger partial charge < -0.3 is 20.6 Å². The Morgan fingerprint density at radius 1 is 1.06 bits per heavy atom. The number of benzene rings is 2. The smallest absolute Gasteiger partial charge is 0.237 e. The average Bonchev–Trinajstić information content (AvgIpc) is 3.12. The quantitative estimate of drug-likeness (QED) is 0.384. The van der Waals surface area contributed by atoms with Gasteiger partial charge in [-0.3, -0.25) is 4.79 Å². The number of carbonyl (C=O) groups excluding carboxylic acids is 1. The van der Waals surface area contributed by atoms with Crippen LogP contribution in [0.1, 0.15) is 38.1 Å². The van der Waals surface area contributed by atoms with E-state index in [4.69, 9.17) is 15.3 Å². The molecular weight excluding hydrogens is 414 g/mol. The van der Waals surface area contributed by atoms with Crippen molar-refractivity contribution in [2.45, 2.75) is 43.7 Å². The van der Waals surface area contributed by atoms with Crippen LogP contribution in [-0.2, 0) is 11.4 Å². The minimum atomic E-state index is -0.425. The summed E-state index contributed by atoms with van der Waals surface area (Å²) in [6.07, 6.45) is 0. The summed E-state index contributed by atoms with van der Waals surface area (Å²) < 4.78 is 12.2. The predicted molar refractivity (Wildman–Crippen MR) is 122 cm³/mol. The zero-order valence-corrected chi connectivity index (χ0v) is 18.8. The lowest BCUT2D eigenvalue weighted by Crippen LogP contribution is -2.24. The van der Waals surface area contributed by atoms with Gasteiger partial charge in [0.2, 0.25) is 11.1 Å². The molecule has 0 spiro atoms. The van der Waals surface area contributed by atoms with E-state index in [1.54, 1.807) is 38.3 Å². The van der Waals surface area contributed by atoms with Gasteiger partial charge in [0.05, 0.1) is 12.4 Å². The molecule has 0 bridgehead atoms. The monoisotopic (exact) mass is 441 g/mol. The van der Waals surface area contributed by atoms with Crippen LogP contribution in [-0.4, -0.2) is 33.1 Å². The molecule has 3 rings (SSSR count). The Labute approximate surface area is 186 Å². The highest BCUT2D eigenvalue weighted by Crippen LogP contribution is 2.24. The second-order valence-corrected chi connectivity index (χ2v) is 8.57. The van der Waals surface area contributed by atoms with Crippen LogP contribution >= 0.6 is 11.8 Å². The Morgan fingerprint density at radius 3 is 2.32 bits per heavy atom. The highest BCUT2D eigenvalue weighted by molar-refractivity contribution is 8.00. The number of aromatic nitrogens is 3. The number of nitrogens with two attached hydrogens (primary N) is 1. The summed E-state index contributed by atoms with van der Waals surface area (Å²) in [6.45, 7) is 6.25. The van der Waals surface area contributed by atoms with Crippen molar-refractivity contribution in [1.29, 1.82) is 0 Å². The molecule has 0 saturated heterocycles. The van der Waals surface area contributed by atoms with Gasteiger partial charge >= 0.3 is 0 Å². The Morgan fingerprint density at radius 2 is 1.71 bits per heavy atom. The van der Waals surface area contributed by atoms with Gasteiger partial charge in [-0.1, -0.05) is 37.7 Å². The summed E-state index contributed by atoms with van der Waals surface area (Å²) in [5.41, 5.74) is 1.93. The van der Waals surface area contributed by atoms with Crippen molar-refractivity contribution in [1.82, 2.24) is 14.9 Å². The molecule has 8 nitrogen and oxygen atoms in total. The Kier molecular flexibility index (Phi) is 7.41. The van der Waals surface area contributed by atoms with E-state index in [1.807, 2.05) is 24.3 Å². The third-order valence-corrected chi connectivity index (χ3v) is 5.72. The summed E-state index contributed by atoms with van der Waals surface area (Å²) in [6, 6.07) is 15.1. The fourth-order valence-electron chi connectivity index (χ4n) is 2.71. The van der Waals surface area contributed by atoms with Crippen molar-refractivity contribution in [3.8, 4) is 11.5 Å². The standard InChI is InChI=1S/C22H27N5O3S/c1-14(2)16-5-9-19(10-6-16)30-13-20-25-26-22(27(20)23)31-15(3)21(28)24-17-7-11-18(29-4)12-8-17/h5-12,14-15H,13,23H2,1-4H3,(H,24,28). The molecule has 9 heteroatoms. The maximum atomic E-state index is 12.5. The zero-order valence-electron chi connectivity index (χ0n) is 18.0. The normalized spacial score (nSPS) is 11.9. The summed E-state index contributed by atoms with van der Waals surface area (Å²) in [4.78, 5) is 12.5. The summed E-state index contributed by atoms with van der Waals surface area (Å²) in [5.74, 6) is 8.33. The molecule has 0 aliphatic carbocycles. The van der Waals surface area contributed by atoms with Crippen LogP contribution in [0.5, 0.6) is 11.5 Å². The lowest BCUT2D eigenvalue weighted by Gasteiger charge is -2.12. The molecule has 3 N–H and O–H groups in total. The predicted octanol–water partition coefficient (Wildman–Crippen LogP) is 3.82. The molecule has 164 valence electrons. The average molecular weight is 442 g/mol. The maximum absolute atomic E-state index is 12.5. The van der Waals surface area contributed by atoms with E-state index in [2.05, 4.69) is 29.4 Å². The van der Waals surface area contributed by atoms with Crippen LogP contribution in [0.4, 0.5) is 5.69 Å². The van der Waals surface area contributed by atoms with Gasteiger partial charge in [0, 0.05) is 5.69 Å². The molecule has 0 aliphatic rings. The molecule has 1 unspecified atom stereocenters. The van der Waals surface area contributed by atoms with Crippen molar-refractivity contribution in [2.75, 3.05) is 18.3 Å². The molecule has 0 saturated carbocycles. The van der Waals surface area contributed by atoms with Crippen molar-refractivity contribution in [3.05, 3.63) is 59.9 Å². The summed E-state index contributed by atoms with van der Waals surface area (Å²) >= 11 is 1.22. The highest BCUT2D eigenvalue weighted by Gasteiger charge is 2.20. The van der Waals surface area contributed by atoms with Gasteiger partial charge in [0.1, 0.15) is 18.1 Å². The Balaban J connectivity index is 1.55. The van der Waals surface area contributed by atoms with Crippen molar-refractivity contribution >= 4 is 23.4 Å². The van der Waals surface area contributed by atoms with Gasteiger partial charge in [0.15, 0.2) is 5.82 Å². The third-order valence-electron chi connectivity index (χ3n) is 4.66. The van der Waals surface area contributed by atoms with Crippen LogP contribution in [0.15, 0.2) is 53.7 Å². The van der Waals surface area contributed by atoms with Crippen LogP contribution < -0.4 is 20.6 Å². The number of nitrogens with zero attached hydrogens (tertiary/aromatic N) is 3. The minimum Gasteiger partial charge on any atom is -0.497 e. The number of amides is 1. The zero-order chi connectivity index (χ0) is 22.4. The fourth-order valence-corrected chi connectivity index (χ4v) is 3.50. The fraction of sp³-hybridized carbons (Fsp3) is 0.318. The number of anilines is 1. The first-order chi connectivity index (χ1) is 14.9. The third kappa shape index (κ3) is 5.91. The molecule has 0 aliphatic heterocycles. The van der Waals surface area contributed by atoms with Gasteiger partial charge in [-0.15, -0.1) is 10.2 Å². The molecule has 1 aromatic heterocycles. The first-order valence-electron chi connectivity index (χ1n) is 9.91. The van der Waals surface area contributed by atoms with E-state index in [0.29, 0.717) is 22.6 Å². The molecule has 0 radical (unpaired) electrons. The molecule has 1 atom stereocenters. The minimum absolute atomic E-state index is 0.166. The number of nitrogens with one attached hydrogen (secondary N) is 1. The van der Waals surface area contributed by atoms with Crippen LogP contribution in [0.3, 0.4) is 0 Å². The SMILES string of the molecule is COc1ccc(NC(=O)C(C)Sc2nnc(COc3ccc(C(C)C)cc3)n2N)cc1. The Bertz CT molecular complexity index is 1000. The molecule has 2 aromatic carbocycles. The van der Waals surface area contributed by atoms with E-state index in [0.717, 1.165) is 11.5 Å². The second-order valence-electron chi connectivity index (χ2n) is 7.26. The van der Waals surface area contributed by atoms with Crippen molar-refractivity contribution in [2.24, 2.45) is 0 Å². The number of thioether (sulfide) groups is 1. The summed E-state index contributed by atoms with van der Waals surface area (Å²) in [7, 11) is 1.59. The van der Waals surface area contributed by atoms with Gasteiger partial charge in [-0.25, -0.2) is 4.68 Å². The lowest BCUT2D eigenvalue weighted by molar-refractivity contribution is -0.115.